The van der Waals surface area contributed by atoms with E-state index in [2.05, 4.69) is 49.4 Å². The Morgan fingerprint density at radius 1 is 0.889 bits per heavy atom. The van der Waals surface area contributed by atoms with Crippen LogP contribution in [0.4, 0.5) is 0 Å². The van der Waals surface area contributed by atoms with Gasteiger partial charge in [-0.2, -0.15) is 0 Å². The van der Waals surface area contributed by atoms with Gasteiger partial charge >= 0.3 is 0 Å². The van der Waals surface area contributed by atoms with Gasteiger partial charge in [-0.25, -0.2) is 0 Å². The molecule has 0 unspecified atom stereocenters. The van der Waals surface area contributed by atoms with Crippen molar-refractivity contribution in [2.45, 2.75) is 51.9 Å². The lowest BCUT2D eigenvalue weighted by Crippen LogP contribution is -1.88. The van der Waals surface area contributed by atoms with Crippen molar-refractivity contribution in [3.8, 4) is 0 Å². The van der Waals surface area contributed by atoms with Gasteiger partial charge in [0, 0.05) is 0 Å². The minimum absolute atomic E-state index is 1.17. The fraction of sp³-hybridized carbons (Fsp3) is 0.444. The average molecular weight is 239 g/mol. The lowest BCUT2D eigenvalue weighted by molar-refractivity contribution is 0.608. The quantitative estimate of drug-likeness (QED) is 0.556. The van der Waals surface area contributed by atoms with Gasteiger partial charge < -0.3 is 0 Å². The van der Waals surface area contributed by atoms with Gasteiger partial charge in [-0.1, -0.05) is 75.4 Å². The fourth-order valence-corrected chi connectivity index (χ4v) is 2.52. The minimum atomic E-state index is 1.17. The smallest absolute Gasteiger partial charge is 0.0143 e. The zero-order valence-electron chi connectivity index (χ0n) is 11.4. The normalized spacial score (nSPS) is 10.9. The van der Waals surface area contributed by atoms with Crippen LogP contribution in [0.2, 0.25) is 0 Å². The second kappa shape index (κ2) is 7.20. The van der Waals surface area contributed by atoms with Gasteiger partial charge in [-0.15, -0.1) is 0 Å². The van der Waals surface area contributed by atoms with E-state index in [1.54, 1.807) is 0 Å². The molecule has 0 spiro atoms. The third-order valence-electron chi connectivity index (χ3n) is 3.59. The summed E-state index contributed by atoms with van der Waals surface area (Å²) in [5, 5.41) is 2.73. The first kappa shape index (κ1) is 13.1. The van der Waals surface area contributed by atoms with E-state index >= 15 is 0 Å². The van der Waals surface area contributed by atoms with E-state index in [0.29, 0.717) is 0 Å². The van der Waals surface area contributed by atoms with Crippen LogP contribution in [-0.2, 0) is 6.42 Å². The topological polar surface area (TPSA) is 0 Å². The van der Waals surface area contributed by atoms with Gasteiger partial charge in [0.1, 0.15) is 0 Å². The summed E-state index contributed by atoms with van der Waals surface area (Å²) in [6.07, 6.45) is 9.34. The number of aryl methyl sites for hydroxylation is 1. The maximum Gasteiger partial charge on any atom is -0.0143 e. The van der Waals surface area contributed by atoms with E-state index in [4.69, 9.17) is 0 Å². The summed E-state index contributed by atoms with van der Waals surface area (Å²) in [4.78, 5) is 0. The number of fused-ring (bicyclic) bond motifs is 1. The molecule has 0 aliphatic carbocycles. The van der Waals surface area contributed by atoms with E-state index in [9.17, 15) is 0 Å². The number of benzene rings is 2. The first-order valence-electron chi connectivity index (χ1n) is 7.30. The number of unbranched alkanes of at least 4 members (excludes halogenated alkanes) is 5. The molecule has 95 valence electrons. The molecule has 2 aromatic rings. The molecule has 0 bridgehead atoms. The molecule has 0 saturated carbocycles. The van der Waals surface area contributed by atoms with Gasteiger partial charge in [-0.05, 0) is 35.2 Å². The van der Waals surface area contributed by atoms with Crippen LogP contribution in [0.15, 0.2) is 36.4 Å². The van der Waals surface area contributed by atoms with Crippen molar-refractivity contribution in [2.24, 2.45) is 0 Å². The molecular formula is C18H23. The molecular weight excluding hydrogens is 216 g/mol. The molecule has 0 aliphatic rings. The SMILES string of the molecule is CCCCCCCCc1[c]ccc2ccccc12. The molecule has 0 saturated heterocycles. The molecule has 0 nitrogen and oxygen atoms in total. The molecule has 0 N–H and O–H groups in total. The van der Waals surface area contributed by atoms with Crippen LogP contribution in [0, 0.1) is 6.07 Å². The molecule has 0 heterocycles. The van der Waals surface area contributed by atoms with Crippen molar-refractivity contribution in [1.29, 1.82) is 0 Å². The van der Waals surface area contributed by atoms with Crippen molar-refractivity contribution in [3.05, 3.63) is 48.0 Å². The molecule has 1 radical (unpaired) electrons. The van der Waals surface area contributed by atoms with Gasteiger partial charge in [0.05, 0.1) is 0 Å². The molecule has 2 aromatic carbocycles. The molecule has 2 rings (SSSR count). The predicted octanol–water partition coefficient (Wildman–Crippen LogP) is 5.54. The number of hydrogen-bond donors (Lipinski definition) is 0. The first-order valence-corrected chi connectivity index (χ1v) is 7.30. The number of rotatable bonds is 7. The van der Waals surface area contributed by atoms with Gasteiger partial charge in [0.15, 0.2) is 0 Å². The van der Waals surface area contributed by atoms with Crippen molar-refractivity contribution in [2.75, 3.05) is 0 Å². The van der Waals surface area contributed by atoms with Crippen LogP contribution < -0.4 is 0 Å². The van der Waals surface area contributed by atoms with Gasteiger partial charge in [0.2, 0.25) is 0 Å². The van der Waals surface area contributed by atoms with Crippen LogP contribution in [0.5, 0.6) is 0 Å². The molecule has 0 aromatic heterocycles. The fourth-order valence-electron chi connectivity index (χ4n) is 2.52. The summed E-state index contributed by atoms with van der Waals surface area (Å²) in [6, 6.07) is 16.3. The lowest BCUT2D eigenvalue weighted by atomic mass is 9.99. The summed E-state index contributed by atoms with van der Waals surface area (Å²) >= 11 is 0. The highest BCUT2D eigenvalue weighted by molar-refractivity contribution is 5.85. The standard InChI is InChI=1S/C18H23/c1-2-3-4-5-6-7-11-16-13-10-14-17-12-8-9-15-18(16)17/h8-10,12,14-15H,2-7,11H2,1H3. The molecule has 18 heavy (non-hydrogen) atoms. The monoisotopic (exact) mass is 239 g/mol. The second-order valence-corrected chi connectivity index (χ2v) is 5.06. The van der Waals surface area contributed by atoms with Crippen LogP contribution in [-0.4, -0.2) is 0 Å². The average Bonchev–Trinajstić information content (AvgIpc) is 2.43. The Bertz CT molecular complexity index is 465. The lowest BCUT2D eigenvalue weighted by Gasteiger charge is -2.06. The maximum atomic E-state index is 3.41. The molecule has 0 fully saturated rings. The highest BCUT2D eigenvalue weighted by Gasteiger charge is 2.00. The Morgan fingerprint density at radius 3 is 2.56 bits per heavy atom. The Hall–Kier alpha value is -1.30. The van der Waals surface area contributed by atoms with Crippen molar-refractivity contribution in [3.63, 3.8) is 0 Å². The van der Waals surface area contributed by atoms with Crippen molar-refractivity contribution < 1.29 is 0 Å². The van der Waals surface area contributed by atoms with Crippen LogP contribution in [0.3, 0.4) is 0 Å². The second-order valence-electron chi connectivity index (χ2n) is 5.06. The van der Waals surface area contributed by atoms with Crippen LogP contribution >= 0.6 is 0 Å². The number of hydrogen-bond acceptors (Lipinski definition) is 0. The first-order chi connectivity index (χ1) is 8.92. The van der Waals surface area contributed by atoms with Crippen molar-refractivity contribution in [1.82, 2.24) is 0 Å². The Morgan fingerprint density at radius 2 is 1.67 bits per heavy atom. The Labute approximate surface area is 111 Å². The maximum absolute atomic E-state index is 3.41. The summed E-state index contributed by atoms with van der Waals surface area (Å²) in [7, 11) is 0. The highest BCUT2D eigenvalue weighted by Crippen LogP contribution is 2.20. The van der Waals surface area contributed by atoms with E-state index in [0.717, 1.165) is 0 Å². The van der Waals surface area contributed by atoms with E-state index < -0.39 is 0 Å². The predicted molar refractivity (Wildman–Crippen MR) is 79.9 cm³/mol. The van der Waals surface area contributed by atoms with Gasteiger partial charge in [0.25, 0.3) is 0 Å². The third-order valence-corrected chi connectivity index (χ3v) is 3.59. The summed E-state index contributed by atoms with van der Waals surface area (Å²) in [5.41, 5.74) is 1.39. The Kier molecular flexibility index (Phi) is 5.26. The summed E-state index contributed by atoms with van der Waals surface area (Å²) < 4.78 is 0. The third kappa shape index (κ3) is 3.60. The zero-order valence-corrected chi connectivity index (χ0v) is 11.4. The van der Waals surface area contributed by atoms with E-state index in [1.165, 1.54) is 61.3 Å². The van der Waals surface area contributed by atoms with Crippen LogP contribution in [0.1, 0.15) is 51.0 Å². The van der Waals surface area contributed by atoms with Crippen LogP contribution in [0.25, 0.3) is 10.8 Å². The van der Waals surface area contributed by atoms with E-state index in [-0.39, 0.29) is 0 Å². The van der Waals surface area contributed by atoms with Crippen molar-refractivity contribution >= 4 is 10.8 Å². The van der Waals surface area contributed by atoms with Gasteiger partial charge in [-0.3, -0.25) is 0 Å². The largest absolute Gasteiger partial charge is 0.0654 e. The van der Waals surface area contributed by atoms with E-state index in [1.807, 2.05) is 0 Å². The molecule has 0 atom stereocenters. The summed E-state index contributed by atoms with van der Waals surface area (Å²) in [6.45, 7) is 2.27. The minimum Gasteiger partial charge on any atom is -0.0654 e. The summed E-state index contributed by atoms with van der Waals surface area (Å²) in [5.74, 6) is 0. The molecule has 0 amide bonds. The molecule has 0 aliphatic heterocycles. The highest BCUT2D eigenvalue weighted by atomic mass is 14.0. The Balaban J connectivity index is 1.88. The zero-order chi connectivity index (χ0) is 12.6. The molecule has 0 heteroatoms.